The topological polar surface area (TPSA) is 120 Å². The van der Waals surface area contributed by atoms with Crippen molar-refractivity contribution < 1.29 is 4.79 Å². The van der Waals surface area contributed by atoms with E-state index in [0.717, 1.165) is 25.1 Å². The highest BCUT2D eigenvalue weighted by molar-refractivity contribution is 9.10. The van der Waals surface area contributed by atoms with Gasteiger partial charge in [0.1, 0.15) is 0 Å². The number of nitrogen functional groups attached to an aromatic ring is 1. The maximum absolute atomic E-state index is 12.6. The van der Waals surface area contributed by atoms with Crippen LogP contribution in [0.5, 0.6) is 0 Å². The number of rotatable bonds is 4. The van der Waals surface area contributed by atoms with Gasteiger partial charge in [-0.1, -0.05) is 11.3 Å². The van der Waals surface area contributed by atoms with Crippen molar-refractivity contribution >= 4 is 65.8 Å². The minimum Gasteiger partial charge on any atom is -0.368 e. The number of aromatic nitrogens is 3. The monoisotopic (exact) mass is 460 g/mol. The fraction of sp³-hybridized carbons (Fsp3) is 0.0588. The summed E-state index contributed by atoms with van der Waals surface area (Å²) < 4.78 is 1.82. The number of carbonyl (C=O) groups excluding carboxylic acids is 1. The second-order valence-electron chi connectivity index (χ2n) is 5.57. The van der Waals surface area contributed by atoms with Crippen LogP contribution in [0.15, 0.2) is 41.0 Å². The van der Waals surface area contributed by atoms with E-state index in [1.807, 2.05) is 18.2 Å². The number of hydrogen-bond acceptors (Lipinski definition) is 8. The maximum Gasteiger partial charge on any atom is 0.267 e. The molecular formula is C17H13BrN6OS2. The van der Waals surface area contributed by atoms with Crippen LogP contribution in [0, 0.1) is 0 Å². The van der Waals surface area contributed by atoms with Crippen LogP contribution in [0.25, 0.3) is 20.8 Å². The van der Waals surface area contributed by atoms with E-state index in [1.165, 1.54) is 22.7 Å². The van der Waals surface area contributed by atoms with E-state index in [2.05, 4.69) is 36.2 Å². The Kier molecular flexibility index (Phi) is 4.87. The first-order valence-electron chi connectivity index (χ1n) is 7.82. The lowest BCUT2D eigenvalue weighted by Gasteiger charge is -1.98. The van der Waals surface area contributed by atoms with E-state index >= 15 is 0 Å². The van der Waals surface area contributed by atoms with Crippen LogP contribution in [-0.4, -0.2) is 20.9 Å². The largest absolute Gasteiger partial charge is 0.368 e. The van der Waals surface area contributed by atoms with E-state index in [4.69, 9.17) is 11.5 Å². The lowest BCUT2D eigenvalue weighted by molar-refractivity contribution is 0.103. The summed E-state index contributed by atoms with van der Waals surface area (Å²) in [5.41, 5.74) is 13.8. The zero-order valence-corrected chi connectivity index (χ0v) is 17.0. The molecule has 0 radical (unpaired) electrons. The van der Waals surface area contributed by atoms with Crippen molar-refractivity contribution in [3.8, 4) is 10.6 Å². The van der Waals surface area contributed by atoms with Crippen molar-refractivity contribution in [1.82, 2.24) is 15.0 Å². The summed E-state index contributed by atoms with van der Waals surface area (Å²) in [7, 11) is 0. The normalized spacial score (nSPS) is 11.0. The van der Waals surface area contributed by atoms with Gasteiger partial charge in [-0.2, -0.15) is 0 Å². The highest BCUT2D eigenvalue weighted by Gasteiger charge is 2.15. The van der Waals surface area contributed by atoms with E-state index in [0.29, 0.717) is 22.2 Å². The molecule has 0 aliphatic rings. The number of thiazole rings is 1. The van der Waals surface area contributed by atoms with Crippen molar-refractivity contribution in [2.24, 2.45) is 5.73 Å². The first-order valence-corrected chi connectivity index (χ1v) is 10.2. The maximum atomic E-state index is 12.6. The molecule has 0 spiro atoms. The molecule has 1 amide bonds. The zero-order valence-electron chi connectivity index (χ0n) is 13.8. The zero-order chi connectivity index (χ0) is 19.0. The number of nitrogens with zero attached hydrogens (tertiary/aromatic N) is 3. The number of benzene rings is 1. The number of nitrogens with one attached hydrogen (secondary N) is 1. The summed E-state index contributed by atoms with van der Waals surface area (Å²) in [6, 6.07) is 9.26. The quantitative estimate of drug-likeness (QED) is 0.425. The molecule has 5 N–H and O–H groups in total. The molecular weight excluding hydrogens is 448 g/mol. The third-order valence-corrected chi connectivity index (χ3v) is 6.35. The molecule has 0 saturated carbocycles. The lowest BCUT2D eigenvalue weighted by Crippen LogP contribution is -2.09. The predicted octanol–water partition coefficient (Wildman–Crippen LogP) is 3.87. The van der Waals surface area contributed by atoms with Crippen LogP contribution in [0.4, 0.5) is 11.1 Å². The Morgan fingerprint density at radius 3 is 2.81 bits per heavy atom. The first-order chi connectivity index (χ1) is 13.0. The Balaban J connectivity index is 1.58. The van der Waals surface area contributed by atoms with Gasteiger partial charge in [0, 0.05) is 17.2 Å². The van der Waals surface area contributed by atoms with Gasteiger partial charge in [0.15, 0.2) is 5.13 Å². The SMILES string of the molecule is NCc1cc(Br)c2nc(NC(=O)c3ccc(-c4ccnc(N)n4)s3)sc2c1. The van der Waals surface area contributed by atoms with E-state index in [-0.39, 0.29) is 11.9 Å². The van der Waals surface area contributed by atoms with Gasteiger partial charge >= 0.3 is 0 Å². The highest BCUT2D eigenvalue weighted by atomic mass is 79.9. The Labute approximate surface area is 170 Å². The Hall–Kier alpha value is -2.40. The second kappa shape index (κ2) is 7.31. The molecule has 0 unspecified atom stereocenters. The Morgan fingerprint density at radius 1 is 1.19 bits per heavy atom. The summed E-state index contributed by atoms with van der Waals surface area (Å²) in [5, 5.41) is 3.39. The average Bonchev–Trinajstić information content (AvgIpc) is 3.28. The molecule has 0 fully saturated rings. The lowest BCUT2D eigenvalue weighted by atomic mass is 10.2. The minimum atomic E-state index is -0.220. The third kappa shape index (κ3) is 3.69. The van der Waals surface area contributed by atoms with E-state index in [9.17, 15) is 4.79 Å². The number of thiophene rings is 1. The van der Waals surface area contributed by atoms with Crippen LogP contribution in [0.3, 0.4) is 0 Å². The predicted molar refractivity (Wildman–Crippen MR) is 113 cm³/mol. The fourth-order valence-corrected chi connectivity index (χ4v) is 5.03. The van der Waals surface area contributed by atoms with Crippen LogP contribution >= 0.6 is 38.6 Å². The average molecular weight is 461 g/mol. The molecule has 136 valence electrons. The summed E-state index contributed by atoms with van der Waals surface area (Å²) in [4.78, 5) is 26.5. The van der Waals surface area contributed by atoms with Crippen LogP contribution < -0.4 is 16.8 Å². The summed E-state index contributed by atoms with van der Waals surface area (Å²) >= 11 is 6.24. The molecule has 0 saturated heterocycles. The molecule has 1 aromatic carbocycles. The van der Waals surface area contributed by atoms with Gasteiger partial charge in [-0.25, -0.2) is 15.0 Å². The first kappa shape index (κ1) is 18.0. The van der Waals surface area contributed by atoms with Gasteiger partial charge in [0.2, 0.25) is 5.95 Å². The van der Waals surface area contributed by atoms with Gasteiger partial charge in [0.25, 0.3) is 5.91 Å². The van der Waals surface area contributed by atoms with Crippen molar-refractivity contribution in [1.29, 1.82) is 0 Å². The number of anilines is 2. The number of carbonyl (C=O) groups is 1. The molecule has 0 aliphatic heterocycles. The van der Waals surface area contributed by atoms with Gasteiger partial charge < -0.3 is 11.5 Å². The number of amides is 1. The Morgan fingerprint density at radius 2 is 2.04 bits per heavy atom. The summed E-state index contributed by atoms with van der Waals surface area (Å²) in [6.07, 6.45) is 1.59. The van der Waals surface area contributed by atoms with Crippen LogP contribution in [0.2, 0.25) is 0 Å². The molecule has 10 heteroatoms. The number of nitrogens with two attached hydrogens (primary N) is 2. The van der Waals surface area contributed by atoms with Crippen molar-refractivity contribution in [2.75, 3.05) is 11.1 Å². The smallest absolute Gasteiger partial charge is 0.267 e. The molecule has 0 bridgehead atoms. The summed E-state index contributed by atoms with van der Waals surface area (Å²) in [5.74, 6) is -0.0219. The summed E-state index contributed by atoms with van der Waals surface area (Å²) in [6.45, 7) is 0.444. The van der Waals surface area contributed by atoms with Crippen LogP contribution in [0.1, 0.15) is 15.2 Å². The number of halogens is 1. The van der Waals surface area contributed by atoms with Crippen molar-refractivity contribution in [2.45, 2.75) is 6.54 Å². The molecule has 4 aromatic rings. The molecule has 7 nitrogen and oxygen atoms in total. The third-order valence-electron chi connectivity index (χ3n) is 3.72. The molecule has 0 atom stereocenters. The van der Waals surface area contributed by atoms with E-state index < -0.39 is 0 Å². The van der Waals surface area contributed by atoms with Crippen LogP contribution in [-0.2, 0) is 6.54 Å². The standard InChI is InChI=1S/C17H13BrN6OS2/c18-9-5-8(7-19)6-13-14(9)23-17(27-13)24-15(25)12-2-1-11(26-12)10-3-4-21-16(20)22-10/h1-6H,7,19H2,(H2,20,21,22)(H,23,24,25). The van der Waals surface area contributed by atoms with Crippen molar-refractivity contribution in [3.05, 3.63) is 51.4 Å². The second-order valence-corrected chi connectivity index (χ2v) is 8.53. The van der Waals surface area contributed by atoms with Gasteiger partial charge in [0.05, 0.1) is 25.7 Å². The molecule has 3 aromatic heterocycles. The highest BCUT2D eigenvalue weighted by Crippen LogP contribution is 2.33. The molecule has 3 heterocycles. The Bertz CT molecular complexity index is 1160. The number of hydrogen-bond donors (Lipinski definition) is 3. The molecule has 27 heavy (non-hydrogen) atoms. The van der Waals surface area contributed by atoms with E-state index in [1.54, 1.807) is 18.3 Å². The molecule has 4 rings (SSSR count). The van der Waals surface area contributed by atoms with Gasteiger partial charge in [-0.3, -0.25) is 10.1 Å². The minimum absolute atomic E-state index is 0.198. The fourth-order valence-electron chi connectivity index (χ4n) is 2.48. The van der Waals surface area contributed by atoms with Gasteiger partial charge in [-0.15, -0.1) is 11.3 Å². The van der Waals surface area contributed by atoms with Gasteiger partial charge in [-0.05, 0) is 51.8 Å². The van der Waals surface area contributed by atoms with Crippen molar-refractivity contribution in [3.63, 3.8) is 0 Å². The molecule has 0 aliphatic carbocycles. The number of fused-ring (bicyclic) bond motifs is 1.